The Morgan fingerprint density at radius 1 is 0.875 bits per heavy atom. The van der Waals surface area contributed by atoms with Crippen LogP contribution in [-0.2, 0) is 9.53 Å². The van der Waals surface area contributed by atoms with Gasteiger partial charge < -0.3 is 4.74 Å². The zero-order valence-corrected chi connectivity index (χ0v) is 12.9. The molecule has 0 aliphatic rings. The zero-order chi connectivity index (χ0) is 19.3. The number of carbonyl (C=O) groups excluding carboxylic acids is 1. The zero-order valence-electron chi connectivity index (χ0n) is 12.9. The third-order valence-electron chi connectivity index (χ3n) is 3.20. The summed E-state index contributed by atoms with van der Waals surface area (Å²) in [7, 11) is 0.945. The molecular weight excluding hydrogens is 338 g/mol. The second-order valence-electron chi connectivity index (χ2n) is 5.18. The summed E-state index contributed by atoms with van der Waals surface area (Å²) in [5.74, 6) is -1.03. The molecule has 24 heavy (non-hydrogen) atoms. The third-order valence-corrected chi connectivity index (χ3v) is 3.20. The number of methoxy groups -OCH3 is 1. The first kappa shape index (κ1) is 21.0. The molecule has 0 bridgehead atoms. The van der Waals surface area contributed by atoms with E-state index in [2.05, 4.69) is 4.74 Å². The molecule has 0 aromatic heterocycles. The highest BCUT2D eigenvalue weighted by molar-refractivity contribution is 5.71. The fourth-order valence-corrected chi connectivity index (χ4v) is 1.63. The van der Waals surface area contributed by atoms with Gasteiger partial charge >= 0.3 is 17.3 Å². The lowest BCUT2D eigenvalue weighted by atomic mass is 10.1. The molecule has 0 aliphatic carbocycles. The van der Waals surface area contributed by atoms with Crippen LogP contribution in [0.1, 0.15) is 13.8 Å². The molecule has 0 fully saturated rings. The van der Waals surface area contributed by atoms with Gasteiger partial charge in [-0.05, 0) is 0 Å². The van der Waals surface area contributed by atoms with Crippen LogP contribution in [0.5, 0.6) is 0 Å². The van der Waals surface area contributed by atoms with E-state index in [1.54, 1.807) is 0 Å². The number of esters is 1. The van der Waals surface area contributed by atoms with Crippen molar-refractivity contribution >= 4 is 5.97 Å². The minimum atomic E-state index is -2.83. The Balaban J connectivity index is 5.73. The molecule has 0 saturated carbocycles. The van der Waals surface area contributed by atoms with E-state index in [-0.39, 0.29) is 0 Å². The third kappa shape index (κ3) is 4.51. The Kier molecular flexibility index (Phi) is 6.60. The maximum atomic E-state index is 11.3. The fourth-order valence-electron chi connectivity index (χ4n) is 1.63. The quantitative estimate of drug-likeness (QED) is 0.201. The van der Waals surface area contributed by atoms with E-state index < -0.39 is 56.6 Å². The van der Waals surface area contributed by atoms with E-state index in [1.807, 2.05) is 0 Å². The van der Waals surface area contributed by atoms with Crippen molar-refractivity contribution in [2.75, 3.05) is 26.7 Å². The Morgan fingerprint density at radius 2 is 1.17 bits per heavy atom. The van der Waals surface area contributed by atoms with Crippen LogP contribution in [0.25, 0.3) is 0 Å². The van der Waals surface area contributed by atoms with E-state index in [0.717, 1.165) is 7.11 Å². The molecule has 0 saturated heterocycles. The van der Waals surface area contributed by atoms with E-state index in [9.17, 15) is 45.3 Å². The van der Waals surface area contributed by atoms with E-state index in [1.165, 1.54) is 0 Å². The Labute approximate surface area is 133 Å². The monoisotopic (exact) mass is 353 g/mol. The van der Waals surface area contributed by atoms with Gasteiger partial charge in [0.2, 0.25) is 0 Å². The SMILES string of the molecule is COC(=O)CN(CC(C)([N+](=O)[O-])[N+](=O)[O-])CC(C)([N+](=O)[O-])[N+](=O)[O-]. The van der Waals surface area contributed by atoms with Crippen LogP contribution < -0.4 is 0 Å². The second kappa shape index (κ2) is 7.53. The van der Waals surface area contributed by atoms with Crippen LogP contribution >= 0.6 is 0 Å². The molecule has 15 nitrogen and oxygen atoms in total. The van der Waals surface area contributed by atoms with Crippen LogP contribution in [0.2, 0.25) is 0 Å². The Morgan fingerprint density at radius 3 is 1.38 bits per heavy atom. The predicted molar refractivity (Wildman–Crippen MR) is 73.2 cm³/mol. The minimum absolute atomic E-state index is 0.572. The van der Waals surface area contributed by atoms with Crippen LogP contribution in [-0.4, -0.2) is 68.6 Å². The maximum Gasteiger partial charge on any atom is 0.468 e. The molecule has 15 heteroatoms. The molecule has 0 unspecified atom stereocenters. The highest BCUT2D eigenvalue weighted by atomic mass is 16.7. The molecule has 136 valence electrons. The number of hydrogen-bond donors (Lipinski definition) is 0. The minimum Gasteiger partial charge on any atom is -0.468 e. The van der Waals surface area contributed by atoms with Crippen molar-refractivity contribution in [3.05, 3.63) is 40.5 Å². The summed E-state index contributed by atoms with van der Waals surface area (Å²) in [4.78, 5) is 50.6. The van der Waals surface area contributed by atoms with Gasteiger partial charge in [-0.15, -0.1) is 0 Å². The van der Waals surface area contributed by atoms with Gasteiger partial charge in [0.25, 0.3) is 0 Å². The normalized spacial score (nSPS) is 11.8. The molecule has 0 heterocycles. The van der Waals surface area contributed by atoms with Gasteiger partial charge in [-0.2, -0.15) is 0 Å². The number of carbonyl (C=O) groups is 1. The smallest absolute Gasteiger partial charge is 0.468 e. The first-order chi connectivity index (χ1) is 10.8. The van der Waals surface area contributed by atoms with Crippen molar-refractivity contribution < 1.29 is 29.2 Å². The second-order valence-corrected chi connectivity index (χ2v) is 5.18. The maximum absolute atomic E-state index is 11.3. The van der Waals surface area contributed by atoms with E-state index in [4.69, 9.17) is 0 Å². The summed E-state index contributed by atoms with van der Waals surface area (Å²) in [6.07, 6.45) is 0. The molecule has 0 rings (SSSR count). The van der Waals surface area contributed by atoms with Crippen molar-refractivity contribution in [2.24, 2.45) is 0 Å². The molecular formula is C9H15N5O10. The number of hydrogen-bond acceptors (Lipinski definition) is 11. The molecule has 0 aromatic carbocycles. The number of nitrogens with zero attached hydrogens (tertiary/aromatic N) is 5. The van der Waals surface area contributed by atoms with Gasteiger partial charge in [-0.1, -0.05) is 0 Å². The van der Waals surface area contributed by atoms with Gasteiger partial charge in [0, 0.05) is 0 Å². The van der Waals surface area contributed by atoms with Crippen molar-refractivity contribution in [3.63, 3.8) is 0 Å². The van der Waals surface area contributed by atoms with Gasteiger partial charge in [-0.25, -0.2) is 0 Å². The van der Waals surface area contributed by atoms with E-state index >= 15 is 0 Å². The number of rotatable bonds is 10. The topological polar surface area (TPSA) is 202 Å². The highest BCUT2D eigenvalue weighted by Crippen LogP contribution is 2.18. The van der Waals surface area contributed by atoms with Crippen molar-refractivity contribution in [2.45, 2.75) is 25.2 Å². The van der Waals surface area contributed by atoms with Crippen LogP contribution in [0, 0.1) is 40.5 Å². The average molecular weight is 353 g/mol. The summed E-state index contributed by atoms with van der Waals surface area (Å²) < 4.78 is 4.29. The molecule has 0 amide bonds. The van der Waals surface area contributed by atoms with E-state index in [0.29, 0.717) is 18.7 Å². The van der Waals surface area contributed by atoms with Crippen molar-refractivity contribution in [3.8, 4) is 0 Å². The summed E-state index contributed by atoms with van der Waals surface area (Å²) >= 11 is 0. The molecule has 0 spiro atoms. The Bertz CT molecular complexity index is 495. The van der Waals surface area contributed by atoms with Crippen LogP contribution in [0.3, 0.4) is 0 Å². The van der Waals surface area contributed by atoms with Crippen molar-refractivity contribution in [1.82, 2.24) is 4.90 Å². The van der Waals surface area contributed by atoms with Gasteiger partial charge in [-0.3, -0.25) is 50.2 Å². The summed E-state index contributed by atoms with van der Waals surface area (Å²) in [5.41, 5.74) is -5.66. The highest BCUT2D eigenvalue weighted by Gasteiger charge is 2.57. The summed E-state index contributed by atoms with van der Waals surface area (Å²) in [6, 6.07) is 0. The first-order valence-corrected chi connectivity index (χ1v) is 6.18. The van der Waals surface area contributed by atoms with Gasteiger partial charge in [0.05, 0.1) is 47.2 Å². The average Bonchev–Trinajstić information content (AvgIpc) is 2.45. The molecule has 0 aromatic rings. The predicted octanol–water partition coefficient (Wildman–Crippen LogP) is -0.999. The largest absolute Gasteiger partial charge is 0.468 e. The molecule has 0 atom stereocenters. The number of nitro groups is 4. The van der Waals surface area contributed by atoms with Gasteiger partial charge in [0.15, 0.2) is 0 Å². The molecule has 0 N–H and O–H groups in total. The van der Waals surface area contributed by atoms with Crippen LogP contribution in [0.4, 0.5) is 0 Å². The number of ether oxygens (including phenoxy) is 1. The summed E-state index contributed by atoms with van der Waals surface area (Å²) in [6.45, 7) is -1.77. The van der Waals surface area contributed by atoms with Crippen LogP contribution in [0.15, 0.2) is 0 Å². The lowest BCUT2D eigenvalue weighted by Gasteiger charge is -2.25. The Hall–Kier alpha value is -2.97. The van der Waals surface area contributed by atoms with Crippen molar-refractivity contribution in [1.29, 1.82) is 0 Å². The lowest BCUT2D eigenvalue weighted by Crippen LogP contribution is -2.59. The molecule has 0 radical (unpaired) electrons. The first-order valence-electron chi connectivity index (χ1n) is 6.18. The molecule has 0 aliphatic heterocycles. The van der Waals surface area contributed by atoms with Gasteiger partial charge in [0.1, 0.15) is 13.1 Å². The fraction of sp³-hybridized carbons (Fsp3) is 0.889. The summed E-state index contributed by atoms with van der Waals surface area (Å²) in [5, 5.41) is 43.8. The standard InChI is InChI=1S/C9H15N5O10/c1-8(11(16)17,12(18)19)5-10(4-7(15)24-3)6-9(2,13(20)21)14(22)23/h4-6H2,1-3H3. The lowest BCUT2D eigenvalue weighted by molar-refractivity contribution is -0.798.